The summed E-state index contributed by atoms with van der Waals surface area (Å²) in [7, 11) is 1.63. The first-order chi connectivity index (χ1) is 17.1. The Kier molecular flexibility index (Phi) is 9.01. The van der Waals surface area contributed by atoms with Gasteiger partial charge in [-0.05, 0) is 83.9 Å². The first-order valence-electron chi connectivity index (χ1n) is 10.6. The number of nitrogens with zero attached hydrogens (tertiary/aromatic N) is 4. The summed E-state index contributed by atoms with van der Waals surface area (Å²) in [6, 6.07) is 31.9. The van der Waals surface area contributed by atoms with Crippen LogP contribution in [0.1, 0.15) is 22.3 Å². The Hall–Kier alpha value is -5.07. The van der Waals surface area contributed by atoms with Crippen molar-refractivity contribution in [3.63, 3.8) is 0 Å². The van der Waals surface area contributed by atoms with Crippen molar-refractivity contribution in [1.29, 1.82) is 10.5 Å². The SMILES string of the molecule is COc1ccc(/N=C/c2ccc(C#N)cc2)cc1.N#Cc1ccc(/N=C/c2ccc(F)cc2)cc1. The molecule has 0 fully saturated rings. The summed E-state index contributed by atoms with van der Waals surface area (Å²) in [6.45, 7) is 0. The van der Waals surface area contributed by atoms with Gasteiger partial charge in [-0.25, -0.2) is 4.39 Å². The lowest BCUT2D eigenvalue weighted by atomic mass is 10.2. The van der Waals surface area contributed by atoms with Crippen LogP contribution < -0.4 is 4.74 Å². The van der Waals surface area contributed by atoms with E-state index in [4.69, 9.17) is 15.3 Å². The van der Waals surface area contributed by atoms with Crippen LogP contribution in [0.15, 0.2) is 107 Å². The van der Waals surface area contributed by atoms with Crippen molar-refractivity contribution in [2.24, 2.45) is 9.98 Å². The topological polar surface area (TPSA) is 81.5 Å². The summed E-state index contributed by atoms with van der Waals surface area (Å²) in [5, 5.41) is 17.3. The van der Waals surface area contributed by atoms with Crippen molar-refractivity contribution in [2.45, 2.75) is 0 Å². The van der Waals surface area contributed by atoms with Gasteiger partial charge in [-0.2, -0.15) is 10.5 Å². The molecule has 0 radical (unpaired) electrons. The van der Waals surface area contributed by atoms with E-state index in [-0.39, 0.29) is 5.82 Å². The predicted molar refractivity (Wildman–Crippen MR) is 136 cm³/mol. The molecule has 4 rings (SSSR count). The second kappa shape index (κ2) is 12.8. The quantitative estimate of drug-likeness (QED) is 0.308. The zero-order chi connectivity index (χ0) is 24.9. The Bertz CT molecular complexity index is 1360. The van der Waals surface area contributed by atoms with E-state index in [1.165, 1.54) is 12.1 Å². The number of aliphatic imine (C=N–C) groups is 2. The molecule has 6 heteroatoms. The van der Waals surface area contributed by atoms with Crippen molar-refractivity contribution in [3.05, 3.63) is 125 Å². The lowest BCUT2D eigenvalue weighted by Crippen LogP contribution is -1.82. The molecular formula is C29H21FN4O. The molecule has 0 saturated heterocycles. The van der Waals surface area contributed by atoms with Gasteiger partial charge in [0.15, 0.2) is 0 Å². The van der Waals surface area contributed by atoms with Crippen molar-refractivity contribution < 1.29 is 9.13 Å². The molecule has 0 heterocycles. The molecule has 0 spiro atoms. The second-order valence-electron chi connectivity index (χ2n) is 7.16. The van der Waals surface area contributed by atoms with Crippen LogP contribution in [0.25, 0.3) is 0 Å². The number of nitriles is 2. The van der Waals surface area contributed by atoms with Crippen LogP contribution in [0.5, 0.6) is 5.75 Å². The second-order valence-corrected chi connectivity index (χ2v) is 7.16. The van der Waals surface area contributed by atoms with Crippen molar-refractivity contribution in [2.75, 3.05) is 7.11 Å². The minimum Gasteiger partial charge on any atom is -0.497 e. The molecule has 35 heavy (non-hydrogen) atoms. The summed E-state index contributed by atoms with van der Waals surface area (Å²) < 4.78 is 17.7. The fourth-order valence-corrected chi connectivity index (χ4v) is 2.78. The van der Waals surface area contributed by atoms with Gasteiger partial charge in [0, 0.05) is 12.4 Å². The molecule has 4 aromatic rings. The number of rotatable bonds is 5. The fourth-order valence-electron chi connectivity index (χ4n) is 2.78. The minimum atomic E-state index is -0.263. The monoisotopic (exact) mass is 460 g/mol. The van der Waals surface area contributed by atoms with Crippen LogP contribution in [0, 0.1) is 28.5 Å². The Morgan fingerprint density at radius 2 is 1.03 bits per heavy atom. The first-order valence-corrected chi connectivity index (χ1v) is 10.6. The van der Waals surface area contributed by atoms with Crippen LogP contribution in [0.3, 0.4) is 0 Å². The molecule has 0 aliphatic carbocycles. The number of hydrogen-bond donors (Lipinski definition) is 0. The normalized spacial score (nSPS) is 10.3. The number of hydrogen-bond acceptors (Lipinski definition) is 5. The maximum atomic E-state index is 12.7. The molecule has 0 aliphatic rings. The Labute approximate surface area is 203 Å². The molecule has 0 unspecified atom stereocenters. The molecule has 5 nitrogen and oxygen atoms in total. The molecule has 0 aromatic heterocycles. The summed E-state index contributed by atoms with van der Waals surface area (Å²) in [4.78, 5) is 8.57. The smallest absolute Gasteiger partial charge is 0.123 e. The highest BCUT2D eigenvalue weighted by Crippen LogP contribution is 2.17. The van der Waals surface area contributed by atoms with E-state index in [0.29, 0.717) is 11.1 Å². The standard InChI is InChI=1S/C15H12N2O.C14H9FN2/c1-18-15-8-6-14(7-9-15)17-11-13-4-2-12(10-16)3-5-13;15-13-5-1-12(2-6-13)10-17-14-7-3-11(9-16)4-8-14/h2-9,11H,1H3;1-8,10H/b17-11+;17-10+. The lowest BCUT2D eigenvalue weighted by Gasteiger charge is -1.99. The number of benzene rings is 4. The Morgan fingerprint density at radius 3 is 1.46 bits per heavy atom. The van der Waals surface area contributed by atoms with E-state index >= 15 is 0 Å². The van der Waals surface area contributed by atoms with Crippen molar-refractivity contribution in [3.8, 4) is 17.9 Å². The van der Waals surface area contributed by atoms with Gasteiger partial charge >= 0.3 is 0 Å². The molecule has 0 atom stereocenters. The summed E-state index contributed by atoms with van der Waals surface area (Å²) in [6.07, 6.45) is 3.42. The maximum Gasteiger partial charge on any atom is 0.123 e. The summed E-state index contributed by atoms with van der Waals surface area (Å²) in [5.41, 5.74) is 4.66. The molecule has 4 aromatic carbocycles. The van der Waals surface area contributed by atoms with E-state index in [1.807, 2.05) is 42.5 Å². The fraction of sp³-hybridized carbons (Fsp3) is 0.0345. The first kappa shape index (κ1) is 24.6. The van der Waals surface area contributed by atoms with Crippen LogP contribution in [0.2, 0.25) is 0 Å². The van der Waals surface area contributed by atoms with Gasteiger partial charge in [0.1, 0.15) is 11.6 Å². The van der Waals surface area contributed by atoms with Crippen LogP contribution >= 0.6 is 0 Å². The van der Waals surface area contributed by atoms with Crippen LogP contribution in [-0.4, -0.2) is 19.5 Å². The highest BCUT2D eigenvalue weighted by Gasteiger charge is 1.94. The number of methoxy groups -OCH3 is 1. The van der Waals surface area contributed by atoms with E-state index in [2.05, 4.69) is 16.1 Å². The molecule has 170 valence electrons. The van der Waals surface area contributed by atoms with Gasteiger partial charge in [-0.15, -0.1) is 0 Å². The molecular weight excluding hydrogens is 439 g/mol. The Morgan fingerprint density at radius 1 is 0.629 bits per heavy atom. The van der Waals surface area contributed by atoms with Crippen LogP contribution in [0.4, 0.5) is 15.8 Å². The van der Waals surface area contributed by atoms with Crippen LogP contribution in [-0.2, 0) is 0 Å². The molecule has 0 N–H and O–H groups in total. The van der Waals surface area contributed by atoms with Gasteiger partial charge in [0.25, 0.3) is 0 Å². The number of ether oxygens (including phenoxy) is 1. The average molecular weight is 461 g/mol. The Balaban J connectivity index is 0.000000196. The highest BCUT2D eigenvalue weighted by molar-refractivity contribution is 5.82. The minimum absolute atomic E-state index is 0.263. The van der Waals surface area contributed by atoms with Gasteiger partial charge in [0.05, 0.1) is 41.7 Å². The van der Waals surface area contributed by atoms with Gasteiger partial charge in [-0.1, -0.05) is 24.3 Å². The third kappa shape index (κ3) is 8.09. The summed E-state index contributed by atoms with van der Waals surface area (Å²) >= 11 is 0. The zero-order valence-electron chi connectivity index (χ0n) is 19.0. The van der Waals surface area contributed by atoms with Gasteiger partial charge in [0.2, 0.25) is 0 Å². The lowest BCUT2D eigenvalue weighted by molar-refractivity contribution is 0.415. The van der Waals surface area contributed by atoms with E-state index in [1.54, 1.807) is 68.1 Å². The van der Waals surface area contributed by atoms with E-state index < -0.39 is 0 Å². The number of halogens is 1. The summed E-state index contributed by atoms with van der Waals surface area (Å²) in [5.74, 6) is 0.549. The van der Waals surface area contributed by atoms with Gasteiger partial charge in [-0.3, -0.25) is 9.98 Å². The van der Waals surface area contributed by atoms with E-state index in [0.717, 1.165) is 28.3 Å². The van der Waals surface area contributed by atoms with Gasteiger partial charge < -0.3 is 4.74 Å². The van der Waals surface area contributed by atoms with Crippen molar-refractivity contribution >= 4 is 23.8 Å². The maximum absolute atomic E-state index is 12.7. The molecule has 0 aliphatic heterocycles. The highest BCUT2D eigenvalue weighted by atomic mass is 19.1. The molecule has 0 saturated carbocycles. The molecule has 0 bridgehead atoms. The molecule has 0 amide bonds. The average Bonchev–Trinajstić information content (AvgIpc) is 2.93. The third-order valence-corrected chi connectivity index (χ3v) is 4.70. The third-order valence-electron chi connectivity index (χ3n) is 4.70. The largest absolute Gasteiger partial charge is 0.497 e. The van der Waals surface area contributed by atoms with Crippen molar-refractivity contribution in [1.82, 2.24) is 0 Å². The zero-order valence-corrected chi connectivity index (χ0v) is 19.0. The predicted octanol–water partition coefficient (Wildman–Crippen LogP) is 6.77. The van der Waals surface area contributed by atoms with E-state index in [9.17, 15) is 4.39 Å².